The van der Waals surface area contributed by atoms with E-state index in [2.05, 4.69) is 21.4 Å². The maximum absolute atomic E-state index is 11.9. The van der Waals surface area contributed by atoms with Gasteiger partial charge in [-0.1, -0.05) is 0 Å². The molecule has 0 spiro atoms. The molecular weight excluding hydrogens is 238 g/mol. The van der Waals surface area contributed by atoms with E-state index >= 15 is 0 Å². The van der Waals surface area contributed by atoms with Gasteiger partial charge < -0.3 is 9.47 Å². The van der Waals surface area contributed by atoms with Crippen molar-refractivity contribution in [2.45, 2.75) is 19.4 Å². The molecule has 1 aliphatic carbocycles. The normalized spacial score (nSPS) is 21.7. The summed E-state index contributed by atoms with van der Waals surface area (Å²) < 4.78 is 2.16. The van der Waals surface area contributed by atoms with Crippen molar-refractivity contribution in [3.63, 3.8) is 0 Å². The molecule has 0 aromatic carbocycles. The molecule has 0 unspecified atom stereocenters. The molecule has 1 saturated heterocycles. The molecule has 0 N–H and O–H groups in total. The number of piperazine rings is 1. The molecule has 4 nitrogen and oxygen atoms in total. The van der Waals surface area contributed by atoms with Gasteiger partial charge in [-0.3, -0.25) is 9.69 Å². The van der Waals surface area contributed by atoms with Gasteiger partial charge in [0.05, 0.1) is 0 Å². The fourth-order valence-corrected chi connectivity index (χ4v) is 2.64. The maximum Gasteiger partial charge on any atom is 0.167 e. The van der Waals surface area contributed by atoms with E-state index in [1.165, 1.54) is 0 Å². The second-order valence-corrected chi connectivity index (χ2v) is 5.92. The minimum absolute atomic E-state index is 0.327. The van der Waals surface area contributed by atoms with Crippen molar-refractivity contribution in [3.05, 3.63) is 24.0 Å². The first-order valence-corrected chi connectivity index (χ1v) is 7.33. The third-order valence-corrected chi connectivity index (χ3v) is 4.25. The van der Waals surface area contributed by atoms with Crippen LogP contribution in [-0.2, 0) is 6.54 Å². The second kappa shape index (κ2) is 5.47. The third-order valence-electron chi connectivity index (χ3n) is 4.25. The Hall–Kier alpha value is -1.13. The van der Waals surface area contributed by atoms with Crippen molar-refractivity contribution >= 4 is 5.78 Å². The number of rotatable bonds is 5. The quantitative estimate of drug-likeness (QED) is 0.749. The van der Waals surface area contributed by atoms with Crippen LogP contribution in [0.2, 0.25) is 0 Å². The number of hydrogen-bond donors (Lipinski definition) is 0. The predicted molar refractivity (Wildman–Crippen MR) is 75.4 cm³/mol. The number of carbonyl (C=O) groups excluding carboxylic acids is 1. The summed E-state index contributed by atoms with van der Waals surface area (Å²) in [5.41, 5.74) is 0.904. The van der Waals surface area contributed by atoms with Gasteiger partial charge in [-0.05, 0) is 26.0 Å². The summed E-state index contributed by atoms with van der Waals surface area (Å²) in [6.45, 7) is 6.71. The standard InChI is InChI=1S/C15H23N3O/c1-16-6-8-17(9-7-16)10-11-18-5-4-14(12-18)15(19)13-2-3-13/h4-5,12-13H,2-3,6-11H2,1H3. The van der Waals surface area contributed by atoms with Gasteiger partial charge in [0, 0.05) is 63.1 Å². The second-order valence-electron chi connectivity index (χ2n) is 5.92. The van der Waals surface area contributed by atoms with Crippen molar-refractivity contribution < 1.29 is 4.79 Å². The molecule has 4 heteroatoms. The zero-order valence-electron chi connectivity index (χ0n) is 11.7. The number of ketones is 1. The summed E-state index contributed by atoms with van der Waals surface area (Å²) >= 11 is 0. The van der Waals surface area contributed by atoms with Crippen LogP contribution in [-0.4, -0.2) is 59.9 Å². The Kier molecular flexibility index (Phi) is 3.71. The molecular formula is C15H23N3O. The highest BCUT2D eigenvalue weighted by Gasteiger charge is 2.30. The average molecular weight is 261 g/mol. The minimum Gasteiger partial charge on any atom is -0.352 e. The van der Waals surface area contributed by atoms with Gasteiger partial charge in [0.25, 0.3) is 0 Å². The Morgan fingerprint density at radius 2 is 1.95 bits per heavy atom. The molecule has 1 aliphatic heterocycles. The van der Waals surface area contributed by atoms with E-state index in [1.807, 2.05) is 18.5 Å². The Morgan fingerprint density at radius 3 is 2.63 bits per heavy atom. The van der Waals surface area contributed by atoms with Gasteiger partial charge in [0.2, 0.25) is 0 Å². The number of nitrogens with zero attached hydrogens (tertiary/aromatic N) is 3. The SMILES string of the molecule is CN1CCN(CCn2ccc(C(=O)C3CC3)c2)CC1. The average Bonchev–Trinajstić information content (AvgIpc) is 3.16. The largest absolute Gasteiger partial charge is 0.352 e. The summed E-state index contributed by atoms with van der Waals surface area (Å²) in [4.78, 5) is 16.8. The molecule has 3 rings (SSSR count). The van der Waals surface area contributed by atoms with Gasteiger partial charge in [0.1, 0.15) is 0 Å². The van der Waals surface area contributed by atoms with E-state index in [1.54, 1.807) is 0 Å². The number of aromatic nitrogens is 1. The van der Waals surface area contributed by atoms with Crippen molar-refractivity contribution in [2.75, 3.05) is 39.8 Å². The van der Waals surface area contributed by atoms with Gasteiger partial charge in [-0.2, -0.15) is 0 Å². The lowest BCUT2D eigenvalue weighted by Gasteiger charge is -2.32. The minimum atomic E-state index is 0.327. The summed E-state index contributed by atoms with van der Waals surface area (Å²) in [5, 5.41) is 0. The van der Waals surface area contributed by atoms with Crippen LogP contribution in [0.3, 0.4) is 0 Å². The van der Waals surface area contributed by atoms with E-state index in [4.69, 9.17) is 0 Å². The first-order valence-electron chi connectivity index (χ1n) is 7.33. The van der Waals surface area contributed by atoms with Crippen LogP contribution in [0, 0.1) is 5.92 Å². The predicted octanol–water partition coefficient (Wildman–Crippen LogP) is 1.33. The molecule has 1 saturated carbocycles. The van der Waals surface area contributed by atoms with Crippen molar-refractivity contribution in [1.29, 1.82) is 0 Å². The van der Waals surface area contributed by atoms with Crippen LogP contribution < -0.4 is 0 Å². The van der Waals surface area contributed by atoms with Crippen LogP contribution in [0.1, 0.15) is 23.2 Å². The first kappa shape index (κ1) is 12.9. The Morgan fingerprint density at radius 1 is 1.21 bits per heavy atom. The van der Waals surface area contributed by atoms with Crippen LogP contribution >= 0.6 is 0 Å². The molecule has 2 fully saturated rings. The highest BCUT2D eigenvalue weighted by atomic mass is 16.1. The van der Waals surface area contributed by atoms with Gasteiger partial charge in [0.15, 0.2) is 5.78 Å². The fourth-order valence-electron chi connectivity index (χ4n) is 2.64. The Bertz CT molecular complexity index is 442. The number of likely N-dealkylation sites (N-methyl/N-ethyl adjacent to an activating group) is 1. The zero-order chi connectivity index (χ0) is 13.2. The number of carbonyl (C=O) groups is 1. The van der Waals surface area contributed by atoms with Crippen molar-refractivity contribution in [2.24, 2.45) is 5.92 Å². The summed E-state index contributed by atoms with van der Waals surface area (Å²) in [7, 11) is 2.18. The van der Waals surface area contributed by atoms with E-state index in [0.29, 0.717) is 11.7 Å². The highest BCUT2D eigenvalue weighted by Crippen LogP contribution is 2.32. The lowest BCUT2D eigenvalue weighted by atomic mass is 10.1. The third kappa shape index (κ3) is 3.25. The Labute approximate surface area is 115 Å². The maximum atomic E-state index is 11.9. The van der Waals surface area contributed by atoms with E-state index in [0.717, 1.165) is 57.7 Å². The lowest BCUT2D eigenvalue weighted by Crippen LogP contribution is -2.45. The number of hydrogen-bond acceptors (Lipinski definition) is 3. The molecule has 0 radical (unpaired) electrons. The van der Waals surface area contributed by atoms with Gasteiger partial charge >= 0.3 is 0 Å². The van der Waals surface area contributed by atoms with Crippen LogP contribution in [0.5, 0.6) is 0 Å². The molecule has 0 atom stereocenters. The van der Waals surface area contributed by atoms with Crippen LogP contribution in [0.15, 0.2) is 18.5 Å². The first-order chi connectivity index (χ1) is 9.22. The molecule has 0 amide bonds. The van der Waals surface area contributed by atoms with E-state index < -0.39 is 0 Å². The molecule has 1 aromatic heterocycles. The molecule has 0 bridgehead atoms. The lowest BCUT2D eigenvalue weighted by molar-refractivity contribution is 0.0967. The van der Waals surface area contributed by atoms with Gasteiger partial charge in [-0.25, -0.2) is 0 Å². The topological polar surface area (TPSA) is 28.5 Å². The highest BCUT2D eigenvalue weighted by molar-refractivity contribution is 5.99. The van der Waals surface area contributed by atoms with E-state index in [-0.39, 0.29) is 0 Å². The fraction of sp³-hybridized carbons (Fsp3) is 0.667. The zero-order valence-corrected chi connectivity index (χ0v) is 11.7. The van der Waals surface area contributed by atoms with Gasteiger partial charge in [-0.15, -0.1) is 0 Å². The Balaban J connectivity index is 1.48. The smallest absolute Gasteiger partial charge is 0.167 e. The summed E-state index contributed by atoms with van der Waals surface area (Å²) in [5.74, 6) is 0.673. The molecule has 104 valence electrons. The van der Waals surface area contributed by atoms with Crippen LogP contribution in [0.25, 0.3) is 0 Å². The molecule has 2 heterocycles. The summed E-state index contributed by atoms with van der Waals surface area (Å²) in [6, 6.07) is 1.98. The molecule has 19 heavy (non-hydrogen) atoms. The molecule has 2 aliphatic rings. The van der Waals surface area contributed by atoms with Crippen molar-refractivity contribution in [1.82, 2.24) is 14.4 Å². The van der Waals surface area contributed by atoms with Crippen molar-refractivity contribution in [3.8, 4) is 0 Å². The molecule has 1 aromatic rings. The van der Waals surface area contributed by atoms with Crippen LogP contribution in [0.4, 0.5) is 0 Å². The summed E-state index contributed by atoms with van der Waals surface area (Å²) in [6.07, 6.45) is 6.25. The number of Topliss-reactive ketones (excluding diaryl/α,β-unsaturated/α-hetero) is 1. The monoisotopic (exact) mass is 261 g/mol. The van der Waals surface area contributed by atoms with E-state index in [9.17, 15) is 4.79 Å².